The maximum Gasteiger partial charge on any atom is 0.339 e. The first kappa shape index (κ1) is 20.6. The molecule has 0 radical (unpaired) electrons. The molecule has 4 nitrogen and oxygen atoms in total. The first-order valence-corrected chi connectivity index (χ1v) is 10.2. The van der Waals surface area contributed by atoms with E-state index in [1.54, 1.807) is 25.1 Å². The molecular formula is C19H21ClN2O2S2. The van der Waals surface area contributed by atoms with Crippen LogP contribution in [0.25, 0.3) is 0 Å². The van der Waals surface area contributed by atoms with Crippen LogP contribution in [-0.4, -0.2) is 30.0 Å². The molecule has 0 spiro atoms. The van der Waals surface area contributed by atoms with E-state index in [9.17, 15) is 4.79 Å². The van der Waals surface area contributed by atoms with Gasteiger partial charge in [-0.05, 0) is 42.9 Å². The van der Waals surface area contributed by atoms with Gasteiger partial charge in [-0.3, -0.25) is 0 Å². The summed E-state index contributed by atoms with van der Waals surface area (Å²) in [5.74, 6) is 1.46. The molecule has 0 atom stereocenters. The normalized spacial score (nSPS) is 10.2. The molecule has 0 bridgehead atoms. The number of nitrogens with one attached hydrogen (secondary N) is 2. The Balaban J connectivity index is 1.75. The molecule has 0 aliphatic rings. The molecule has 0 saturated heterocycles. The monoisotopic (exact) mass is 408 g/mol. The van der Waals surface area contributed by atoms with Gasteiger partial charge in [0.15, 0.2) is 5.11 Å². The summed E-state index contributed by atoms with van der Waals surface area (Å²) in [7, 11) is 0. The number of thioether (sulfide) groups is 1. The lowest BCUT2D eigenvalue weighted by Crippen LogP contribution is -2.30. The maximum absolute atomic E-state index is 11.9. The number of rotatable bonds is 8. The minimum Gasteiger partial charge on any atom is -0.462 e. The number of halogens is 1. The number of anilines is 1. The molecular weight excluding hydrogens is 388 g/mol. The van der Waals surface area contributed by atoms with E-state index in [1.807, 2.05) is 30.0 Å². The maximum atomic E-state index is 11.9. The lowest BCUT2D eigenvalue weighted by Gasteiger charge is -2.12. The number of carbonyl (C=O) groups excluding carboxylic acids is 1. The molecule has 2 rings (SSSR count). The fraction of sp³-hybridized carbons (Fsp3) is 0.263. The minimum atomic E-state index is -0.447. The second-order valence-electron chi connectivity index (χ2n) is 5.33. The lowest BCUT2D eigenvalue weighted by molar-refractivity contribution is 0.0526. The summed E-state index contributed by atoms with van der Waals surface area (Å²) < 4.78 is 4.99. The van der Waals surface area contributed by atoms with Crippen LogP contribution in [0.15, 0.2) is 48.5 Å². The number of thiocarbonyl (C=S) groups is 1. The van der Waals surface area contributed by atoms with Crippen LogP contribution in [0.3, 0.4) is 0 Å². The van der Waals surface area contributed by atoms with Crippen LogP contribution in [0.2, 0.25) is 5.02 Å². The summed E-state index contributed by atoms with van der Waals surface area (Å²) in [6.45, 7) is 2.80. The molecule has 0 aliphatic heterocycles. The number of carbonyl (C=O) groups is 1. The Morgan fingerprint density at radius 3 is 2.73 bits per heavy atom. The Labute approximate surface area is 168 Å². The summed E-state index contributed by atoms with van der Waals surface area (Å²) in [5.41, 5.74) is 2.32. The first-order valence-electron chi connectivity index (χ1n) is 8.23. The molecule has 26 heavy (non-hydrogen) atoms. The van der Waals surface area contributed by atoms with Gasteiger partial charge in [0, 0.05) is 23.7 Å². The second-order valence-corrected chi connectivity index (χ2v) is 7.25. The summed E-state index contributed by atoms with van der Waals surface area (Å²) in [4.78, 5) is 11.9. The standard InChI is InChI=1S/C19H21ClN2O2S2/c1-2-24-18(23)16-12-15(8-9-17(16)20)22-19(25)21-10-11-26-13-14-6-4-3-5-7-14/h3-9,12H,2,10-11,13H2,1H3,(H2,21,22,25). The zero-order valence-electron chi connectivity index (χ0n) is 14.5. The van der Waals surface area contributed by atoms with Gasteiger partial charge in [-0.2, -0.15) is 11.8 Å². The van der Waals surface area contributed by atoms with E-state index in [2.05, 4.69) is 22.8 Å². The molecule has 0 heterocycles. The molecule has 0 aromatic heterocycles. The van der Waals surface area contributed by atoms with Crippen molar-refractivity contribution in [2.75, 3.05) is 24.2 Å². The molecule has 2 aromatic rings. The molecule has 0 amide bonds. The van der Waals surface area contributed by atoms with Gasteiger partial charge in [-0.1, -0.05) is 41.9 Å². The van der Waals surface area contributed by atoms with E-state index in [4.69, 9.17) is 28.6 Å². The summed E-state index contributed by atoms with van der Waals surface area (Å²) in [6.07, 6.45) is 0. The van der Waals surface area contributed by atoms with Gasteiger partial charge in [0.25, 0.3) is 0 Å². The van der Waals surface area contributed by atoms with Crippen molar-refractivity contribution in [2.24, 2.45) is 0 Å². The van der Waals surface area contributed by atoms with Crippen LogP contribution in [-0.2, 0) is 10.5 Å². The summed E-state index contributed by atoms with van der Waals surface area (Å²) in [6, 6.07) is 15.4. The van der Waals surface area contributed by atoms with E-state index < -0.39 is 5.97 Å². The molecule has 0 fully saturated rings. The molecule has 2 aromatic carbocycles. The highest BCUT2D eigenvalue weighted by molar-refractivity contribution is 7.98. The van der Waals surface area contributed by atoms with Crippen LogP contribution in [0.5, 0.6) is 0 Å². The number of ether oxygens (including phenoxy) is 1. The second kappa shape index (κ2) is 11.1. The SMILES string of the molecule is CCOC(=O)c1cc(NC(=S)NCCSCc2ccccc2)ccc1Cl. The fourth-order valence-electron chi connectivity index (χ4n) is 2.14. The van der Waals surface area contributed by atoms with Crippen molar-refractivity contribution in [3.63, 3.8) is 0 Å². The Bertz CT molecular complexity index is 742. The van der Waals surface area contributed by atoms with Crippen molar-refractivity contribution >= 4 is 52.3 Å². The average molecular weight is 409 g/mol. The van der Waals surface area contributed by atoms with E-state index >= 15 is 0 Å². The molecule has 7 heteroatoms. The van der Waals surface area contributed by atoms with E-state index in [-0.39, 0.29) is 0 Å². The third-order valence-corrected chi connectivity index (χ3v) is 4.97. The average Bonchev–Trinajstić information content (AvgIpc) is 2.64. The summed E-state index contributed by atoms with van der Waals surface area (Å²) >= 11 is 13.2. The van der Waals surface area contributed by atoms with Crippen LogP contribution in [0.1, 0.15) is 22.8 Å². The van der Waals surface area contributed by atoms with E-state index in [0.29, 0.717) is 28.0 Å². The predicted molar refractivity (Wildman–Crippen MR) is 114 cm³/mol. The first-order chi connectivity index (χ1) is 12.6. The van der Waals surface area contributed by atoms with E-state index in [0.717, 1.165) is 18.1 Å². The number of esters is 1. The van der Waals surface area contributed by atoms with Gasteiger partial charge in [0.1, 0.15) is 0 Å². The van der Waals surface area contributed by atoms with Crippen molar-refractivity contribution in [1.82, 2.24) is 5.32 Å². The predicted octanol–water partition coefficient (Wildman–Crippen LogP) is 4.74. The molecule has 138 valence electrons. The third kappa shape index (κ3) is 6.86. The van der Waals surface area contributed by atoms with Gasteiger partial charge in [0.05, 0.1) is 17.2 Å². The molecule has 0 saturated carbocycles. The van der Waals surface area contributed by atoms with Crippen molar-refractivity contribution < 1.29 is 9.53 Å². The van der Waals surface area contributed by atoms with Crippen molar-refractivity contribution in [1.29, 1.82) is 0 Å². The van der Waals surface area contributed by atoms with Crippen LogP contribution >= 0.6 is 35.6 Å². The Hall–Kier alpha value is -1.76. The van der Waals surface area contributed by atoms with Crippen LogP contribution in [0, 0.1) is 0 Å². The molecule has 0 aliphatic carbocycles. The van der Waals surface area contributed by atoms with Crippen LogP contribution < -0.4 is 10.6 Å². The molecule has 0 unspecified atom stereocenters. The topological polar surface area (TPSA) is 50.4 Å². The number of hydrogen-bond donors (Lipinski definition) is 2. The quantitative estimate of drug-likeness (QED) is 0.374. The lowest BCUT2D eigenvalue weighted by atomic mass is 10.2. The van der Waals surface area contributed by atoms with Gasteiger partial charge >= 0.3 is 5.97 Å². The summed E-state index contributed by atoms with van der Waals surface area (Å²) in [5, 5.41) is 7.07. The largest absolute Gasteiger partial charge is 0.462 e. The van der Waals surface area contributed by atoms with E-state index in [1.165, 1.54) is 5.56 Å². The fourth-order valence-corrected chi connectivity index (χ4v) is 3.38. The number of benzene rings is 2. The van der Waals surface area contributed by atoms with Crippen molar-refractivity contribution in [3.8, 4) is 0 Å². The zero-order valence-corrected chi connectivity index (χ0v) is 16.8. The Morgan fingerprint density at radius 1 is 1.23 bits per heavy atom. The Kier molecular flexibility index (Phi) is 8.74. The highest BCUT2D eigenvalue weighted by Crippen LogP contribution is 2.21. The van der Waals surface area contributed by atoms with Crippen molar-refractivity contribution in [2.45, 2.75) is 12.7 Å². The zero-order chi connectivity index (χ0) is 18.8. The smallest absolute Gasteiger partial charge is 0.339 e. The third-order valence-electron chi connectivity index (χ3n) is 3.36. The van der Waals surface area contributed by atoms with Gasteiger partial charge in [0.2, 0.25) is 0 Å². The minimum absolute atomic E-state index is 0.299. The van der Waals surface area contributed by atoms with Crippen molar-refractivity contribution in [3.05, 3.63) is 64.7 Å². The highest BCUT2D eigenvalue weighted by atomic mass is 35.5. The highest BCUT2D eigenvalue weighted by Gasteiger charge is 2.12. The van der Waals surface area contributed by atoms with Gasteiger partial charge in [-0.15, -0.1) is 0 Å². The number of hydrogen-bond acceptors (Lipinski definition) is 4. The Morgan fingerprint density at radius 2 is 2.00 bits per heavy atom. The van der Waals surface area contributed by atoms with Gasteiger partial charge < -0.3 is 15.4 Å². The van der Waals surface area contributed by atoms with Gasteiger partial charge in [-0.25, -0.2) is 4.79 Å². The van der Waals surface area contributed by atoms with Crippen LogP contribution in [0.4, 0.5) is 5.69 Å². The molecule has 2 N–H and O–H groups in total.